The van der Waals surface area contributed by atoms with Crippen molar-refractivity contribution in [1.82, 2.24) is 9.78 Å². The van der Waals surface area contributed by atoms with Crippen LogP contribution in [0.3, 0.4) is 0 Å². The minimum Gasteiger partial charge on any atom is -0.328 e. The van der Waals surface area contributed by atoms with Crippen molar-refractivity contribution < 1.29 is 0 Å². The quantitative estimate of drug-likeness (QED) is 0.873. The molecule has 0 saturated carbocycles. The Morgan fingerprint density at radius 2 is 2.12 bits per heavy atom. The normalized spacial score (nSPS) is 13.4. The van der Waals surface area contributed by atoms with Gasteiger partial charge in [0.1, 0.15) is 0 Å². The third-order valence-electron chi connectivity index (χ3n) is 2.75. The Bertz CT molecular complexity index is 320. The average Bonchev–Trinajstić information content (AvgIpc) is 2.57. The van der Waals surface area contributed by atoms with Crippen molar-refractivity contribution in [2.45, 2.75) is 58.5 Å². The van der Waals surface area contributed by atoms with E-state index in [-0.39, 0.29) is 0 Å². The molecular weight excluding hydrogens is 266 g/mol. The van der Waals surface area contributed by atoms with Crippen LogP contribution in [0.5, 0.6) is 0 Å². The molecule has 0 aromatic carbocycles. The van der Waals surface area contributed by atoms with E-state index < -0.39 is 0 Å². The standard InChI is InChI=1S/C12H22BrN3/c1-4-5-10(14)6-7-12-11(13)8-15-16(12)9(2)3/h8-10H,4-7,14H2,1-3H3. The van der Waals surface area contributed by atoms with E-state index in [2.05, 4.69) is 46.5 Å². The largest absolute Gasteiger partial charge is 0.328 e. The molecule has 1 atom stereocenters. The fraction of sp³-hybridized carbons (Fsp3) is 0.750. The van der Waals surface area contributed by atoms with Crippen molar-refractivity contribution in [2.24, 2.45) is 5.73 Å². The Labute approximate surface area is 107 Å². The molecule has 0 aliphatic rings. The van der Waals surface area contributed by atoms with Gasteiger partial charge in [0.15, 0.2) is 0 Å². The van der Waals surface area contributed by atoms with E-state index in [0.29, 0.717) is 12.1 Å². The number of halogens is 1. The van der Waals surface area contributed by atoms with Crippen LogP contribution in [0.1, 0.15) is 51.8 Å². The monoisotopic (exact) mass is 287 g/mol. The van der Waals surface area contributed by atoms with Gasteiger partial charge in [-0.25, -0.2) is 0 Å². The first-order valence-corrected chi connectivity index (χ1v) is 6.83. The van der Waals surface area contributed by atoms with E-state index in [0.717, 1.165) is 30.2 Å². The van der Waals surface area contributed by atoms with Gasteiger partial charge in [0.05, 0.1) is 16.4 Å². The van der Waals surface area contributed by atoms with Crippen LogP contribution in [0.15, 0.2) is 10.7 Å². The lowest BCUT2D eigenvalue weighted by molar-refractivity contribution is 0.488. The van der Waals surface area contributed by atoms with E-state index in [4.69, 9.17) is 5.73 Å². The molecule has 1 aromatic heterocycles. The molecule has 0 spiro atoms. The molecule has 0 fully saturated rings. The first-order chi connectivity index (χ1) is 7.56. The molecule has 0 radical (unpaired) electrons. The van der Waals surface area contributed by atoms with Gasteiger partial charge in [-0.15, -0.1) is 0 Å². The molecule has 3 nitrogen and oxygen atoms in total. The molecule has 0 saturated heterocycles. The highest BCUT2D eigenvalue weighted by Gasteiger charge is 2.12. The maximum atomic E-state index is 6.03. The molecular formula is C12H22BrN3. The van der Waals surface area contributed by atoms with Crippen LogP contribution in [0.25, 0.3) is 0 Å². The maximum Gasteiger partial charge on any atom is 0.0635 e. The Balaban J connectivity index is 2.62. The van der Waals surface area contributed by atoms with Crippen LogP contribution < -0.4 is 5.73 Å². The van der Waals surface area contributed by atoms with E-state index in [1.165, 1.54) is 5.69 Å². The van der Waals surface area contributed by atoms with Gasteiger partial charge >= 0.3 is 0 Å². The predicted molar refractivity (Wildman–Crippen MR) is 71.5 cm³/mol. The third-order valence-corrected chi connectivity index (χ3v) is 3.41. The summed E-state index contributed by atoms with van der Waals surface area (Å²) in [5, 5.41) is 4.37. The summed E-state index contributed by atoms with van der Waals surface area (Å²) in [4.78, 5) is 0. The van der Waals surface area contributed by atoms with Crippen molar-refractivity contribution in [3.8, 4) is 0 Å². The van der Waals surface area contributed by atoms with E-state index >= 15 is 0 Å². The molecule has 0 aliphatic heterocycles. The number of hydrogen-bond donors (Lipinski definition) is 1. The number of nitrogens with zero attached hydrogens (tertiary/aromatic N) is 2. The van der Waals surface area contributed by atoms with Gasteiger partial charge in [0, 0.05) is 12.1 Å². The summed E-state index contributed by atoms with van der Waals surface area (Å²) < 4.78 is 3.17. The van der Waals surface area contributed by atoms with Crippen LogP contribution in [-0.2, 0) is 6.42 Å². The highest BCUT2D eigenvalue weighted by Crippen LogP contribution is 2.21. The minimum absolute atomic E-state index is 0.312. The maximum absolute atomic E-state index is 6.03. The lowest BCUT2D eigenvalue weighted by Gasteiger charge is -2.14. The van der Waals surface area contributed by atoms with E-state index in [1.54, 1.807) is 0 Å². The molecule has 0 bridgehead atoms. The molecule has 1 heterocycles. The number of rotatable bonds is 6. The highest BCUT2D eigenvalue weighted by molar-refractivity contribution is 9.10. The minimum atomic E-state index is 0.312. The van der Waals surface area contributed by atoms with Gasteiger partial charge in [-0.2, -0.15) is 5.10 Å². The Hall–Kier alpha value is -0.350. The van der Waals surface area contributed by atoms with Gasteiger partial charge in [0.2, 0.25) is 0 Å². The lowest BCUT2D eigenvalue weighted by Crippen LogP contribution is -2.21. The summed E-state index contributed by atoms with van der Waals surface area (Å²) >= 11 is 3.55. The zero-order chi connectivity index (χ0) is 12.1. The van der Waals surface area contributed by atoms with Crippen molar-refractivity contribution >= 4 is 15.9 Å². The number of nitrogens with two attached hydrogens (primary N) is 1. The zero-order valence-corrected chi connectivity index (χ0v) is 12.0. The molecule has 0 amide bonds. The van der Waals surface area contributed by atoms with Crippen LogP contribution in [0, 0.1) is 0 Å². The Morgan fingerprint density at radius 1 is 1.44 bits per heavy atom. The average molecular weight is 288 g/mol. The van der Waals surface area contributed by atoms with Crippen LogP contribution in [0.2, 0.25) is 0 Å². The van der Waals surface area contributed by atoms with E-state index in [1.807, 2.05) is 6.20 Å². The van der Waals surface area contributed by atoms with Crippen LogP contribution >= 0.6 is 15.9 Å². The van der Waals surface area contributed by atoms with Gasteiger partial charge in [-0.05, 0) is 49.0 Å². The molecule has 0 aliphatic carbocycles. The van der Waals surface area contributed by atoms with Crippen LogP contribution in [0.4, 0.5) is 0 Å². The van der Waals surface area contributed by atoms with Crippen molar-refractivity contribution in [3.63, 3.8) is 0 Å². The van der Waals surface area contributed by atoms with Crippen molar-refractivity contribution in [1.29, 1.82) is 0 Å². The highest BCUT2D eigenvalue weighted by atomic mass is 79.9. The third kappa shape index (κ3) is 3.59. The SMILES string of the molecule is CCCC(N)CCc1c(Br)cnn1C(C)C. The number of hydrogen-bond acceptors (Lipinski definition) is 2. The smallest absolute Gasteiger partial charge is 0.0635 e. The van der Waals surface area contributed by atoms with E-state index in [9.17, 15) is 0 Å². The summed E-state index contributed by atoms with van der Waals surface area (Å²) in [6.07, 6.45) is 6.17. The summed E-state index contributed by atoms with van der Waals surface area (Å²) in [6, 6.07) is 0.719. The van der Waals surface area contributed by atoms with Gasteiger partial charge in [-0.3, -0.25) is 4.68 Å². The molecule has 1 aromatic rings. The second-order valence-electron chi connectivity index (χ2n) is 4.56. The van der Waals surface area contributed by atoms with Crippen LogP contribution in [-0.4, -0.2) is 15.8 Å². The second kappa shape index (κ2) is 6.40. The molecule has 1 rings (SSSR count). The number of aromatic nitrogens is 2. The topological polar surface area (TPSA) is 43.8 Å². The predicted octanol–water partition coefficient (Wildman–Crippen LogP) is 3.29. The Kier molecular flexibility index (Phi) is 5.49. The van der Waals surface area contributed by atoms with Gasteiger partial charge < -0.3 is 5.73 Å². The molecule has 92 valence electrons. The first-order valence-electron chi connectivity index (χ1n) is 6.03. The summed E-state index contributed by atoms with van der Waals surface area (Å²) in [7, 11) is 0. The summed E-state index contributed by atoms with van der Waals surface area (Å²) in [5.41, 5.74) is 7.30. The van der Waals surface area contributed by atoms with Crippen molar-refractivity contribution in [2.75, 3.05) is 0 Å². The Morgan fingerprint density at radius 3 is 2.69 bits per heavy atom. The van der Waals surface area contributed by atoms with Gasteiger partial charge in [0.25, 0.3) is 0 Å². The summed E-state index contributed by atoms with van der Waals surface area (Å²) in [5.74, 6) is 0. The first kappa shape index (κ1) is 13.7. The van der Waals surface area contributed by atoms with Gasteiger partial charge in [-0.1, -0.05) is 13.3 Å². The fourth-order valence-electron chi connectivity index (χ4n) is 1.88. The van der Waals surface area contributed by atoms with Crippen molar-refractivity contribution in [3.05, 3.63) is 16.4 Å². The molecule has 2 N–H and O–H groups in total. The molecule has 4 heteroatoms. The zero-order valence-electron chi connectivity index (χ0n) is 10.4. The molecule has 1 unspecified atom stereocenters. The lowest BCUT2D eigenvalue weighted by atomic mass is 10.1. The second-order valence-corrected chi connectivity index (χ2v) is 5.42. The fourth-order valence-corrected chi connectivity index (χ4v) is 2.35. The molecule has 16 heavy (non-hydrogen) atoms. The summed E-state index contributed by atoms with van der Waals surface area (Å²) in [6.45, 7) is 6.47.